The van der Waals surface area contributed by atoms with Crippen molar-refractivity contribution >= 4 is 35.6 Å². The number of imide groups is 1. The number of carboxylic acids is 1. The maximum absolute atomic E-state index is 12.6. The van der Waals surface area contributed by atoms with Crippen molar-refractivity contribution in [3.63, 3.8) is 0 Å². The SMILES string of the molecule is C[C@H](CCN1CC(=O)NC1=O)C[C@@H](CN)SC1=C(C(=O)O)NC(=O)[C@H]([C@@H](C)O)[C@H](C)[C@H]1C. The van der Waals surface area contributed by atoms with Crippen LogP contribution in [0.5, 0.6) is 0 Å². The van der Waals surface area contributed by atoms with Crippen molar-refractivity contribution < 1.29 is 29.4 Å². The molecule has 32 heavy (non-hydrogen) atoms. The number of aliphatic hydroxyl groups excluding tert-OH is 1. The molecule has 0 aromatic carbocycles. The first-order chi connectivity index (χ1) is 15.0. The zero-order valence-electron chi connectivity index (χ0n) is 19.0. The van der Waals surface area contributed by atoms with Crippen molar-refractivity contribution in [1.82, 2.24) is 15.5 Å². The molecule has 11 heteroatoms. The Hall–Kier alpha value is -2.11. The van der Waals surface area contributed by atoms with Crippen LogP contribution in [-0.4, -0.2) is 69.9 Å². The van der Waals surface area contributed by atoms with Crippen LogP contribution in [0.2, 0.25) is 0 Å². The Morgan fingerprint density at radius 3 is 2.41 bits per heavy atom. The van der Waals surface area contributed by atoms with Crippen molar-refractivity contribution in [3.8, 4) is 0 Å². The maximum Gasteiger partial charge on any atom is 0.353 e. The van der Waals surface area contributed by atoms with E-state index in [1.54, 1.807) is 0 Å². The summed E-state index contributed by atoms with van der Waals surface area (Å²) in [5.74, 6) is -3.11. The lowest BCUT2D eigenvalue weighted by Crippen LogP contribution is -2.40. The normalized spacial score (nSPS) is 27.0. The lowest BCUT2D eigenvalue weighted by molar-refractivity contribution is -0.136. The second kappa shape index (κ2) is 11.2. The number of hydrogen-bond donors (Lipinski definition) is 5. The van der Waals surface area contributed by atoms with Gasteiger partial charge in [-0.1, -0.05) is 20.8 Å². The Kier molecular flexibility index (Phi) is 9.11. The molecule has 0 bridgehead atoms. The number of nitrogens with zero attached hydrogens (tertiary/aromatic N) is 1. The van der Waals surface area contributed by atoms with Crippen LogP contribution in [0.3, 0.4) is 0 Å². The number of allylic oxidation sites excluding steroid dienone is 1. The van der Waals surface area contributed by atoms with E-state index in [9.17, 15) is 29.4 Å². The number of amides is 4. The summed E-state index contributed by atoms with van der Waals surface area (Å²) in [4.78, 5) is 49.6. The topological polar surface area (TPSA) is 162 Å². The van der Waals surface area contributed by atoms with Gasteiger partial charge in [0.1, 0.15) is 12.2 Å². The highest BCUT2D eigenvalue weighted by Gasteiger charge is 2.40. The minimum Gasteiger partial charge on any atom is -0.477 e. The Bertz CT molecular complexity index is 786. The monoisotopic (exact) mass is 470 g/mol. The number of nitrogens with one attached hydrogen (secondary N) is 2. The molecule has 0 saturated carbocycles. The van der Waals surface area contributed by atoms with Crippen LogP contribution in [0.4, 0.5) is 4.79 Å². The quantitative estimate of drug-likeness (QED) is 0.292. The summed E-state index contributed by atoms with van der Waals surface area (Å²) in [5, 5.41) is 24.5. The van der Waals surface area contributed by atoms with Crippen LogP contribution in [0, 0.1) is 23.7 Å². The summed E-state index contributed by atoms with van der Waals surface area (Å²) in [6.07, 6.45) is 0.442. The number of carbonyl (C=O) groups is 4. The number of carboxylic acid groups (broad SMARTS) is 1. The van der Waals surface area contributed by atoms with E-state index in [1.807, 2.05) is 20.8 Å². The molecule has 0 aromatic heterocycles. The molecule has 2 aliphatic rings. The number of hydrogen-bond acceptors (Lipinski definition) is 7. The van der Waals surface area contributed by atoms with Gasteiger partial charge in [-0.3, -0.25) is 14.9 Å². The first-order valence-corrected chi connectivity index (χ1v) is 11.8. The number of aliphatic hydroxyl groups is 1. The van der Waals surface area contributed by atoms with Gasteiger partial charge in [0, 0.05) is 23.2 Å². The van der Waals surface area contributed by atoms with E-state index in [0.717, 1.165) is 0 Å². The van der Waals surface area contributed by atoms with E-state index < -0.39 is 23.9 Å². The molecule has 0 aromatic rings. The molecular formula is C21H34N4O6S. The lowest BCUT2D eigenvalue weighted by atomic mass is 9.81. The van der Waals surface area contributed by atoms with Crippen LogP contribution in [-0.2, 0) is 14.4 Å². The molecule has 0 spiro atoms. The number of rotatable bonds is 10. The Morgan fingerprint density at radius 1 is 1.25 bits per heavy atom. The third kappa shape index (κ3) is 6.23. The summed E-state index contributed by atoms with van der Waals surface area (Å²) in [7, 11) is 0. The first kappa shape index (κ1) is 26.1. The molecule has 6 N–H and O–H groups in total. The minimum absolute atomic E-state index is 0.0645. The summed E-state index contributed by atoms with van der Waals surface area (Å²) in [6, 6.07) is -0.382. The Morgan fingerprint density at radius 2 is 1.91 bits per heavy atom. The highest BCUT2D eigenvalue weighted by molar-refractivity contribution is 8.03. The van der Waals surface area contributed by atoms with E-state index in [2.05, 4.69) is 10.6 Å². The predicted molar refractivity (Wildman–Crippen MR) is 120 cm³/mol. The predicted octanol–water partition coefficient (Wildman–Crippen LogP) is 0.710. The second-order valence-corrected chi connectivity index (χ2v) is 10.2. The molecular weight excluding hydrogens is 436 g/mol. The highest BCUT2D eigenvalue weighted by atomic mass is 32.2. The molecule has 1 fully saturated rings. The third-order valence-corrected chi connectivity index (χ3v) is 7.83. The van der Waals surface area contributed by atoms with E-state index in [1.165, 1.54) is 23.6 Å². The van der Waals surface area contributed by atoms with Crippen molar-refractivity contribution in [3.05, 3.63) is 10.6 Å². The van der Waals surface area contributed by atoms with Gasteiger partial charge in [0.15, 0.2) is 0 Å². The number of nitrogens with two attached hydrogens (primary N) is 1. The molecule has 180 valence electrons. The number of thioether (sulfide) groups is 1. The molecule has 0 aliphatic carbocycles. The zero-order chi connectivity index (χ0) is 24.2. The van der Waals surface area contributed by atoms with Gasteiger partial charge in [0.2, 0.25) is 11.8 Å². The van der Waals surface area contributed by atoms with Crippen molar-refractivity contribution in [2.75, 3.05) is 19.6 Å². The molecule has 10 nitrogen and oxygen atoms in total. The van der Waals surface area contributed by atoms with Crippen LogP contribution in [0.1, 0.15) is 40.5 Å². The fourth-order valence-electron chi connectivity index (χ4n) is 4.25. The van der Waals surface area contributed by atoms with Gasteiger partial charge in [-0.05, 0) is 37.5 Å². The molecule has 0 radical (unpaired) electrons. The molecule has 4 amide bonds. The Labute approximate surface area is 192 Å². The van der Waals surface area contributed by atoms with Crippen molar-refractivity contribution in [2.45, 2.75) is 51.9 Å². The summed E-state index contributed by atoms with van der Waals surface area (Å²) >= 11 is 1.36. The van der Waals surface area contributed by atoms with Crippen LogP contribution in [0.15, 0.2) is 10.6 Å². The number of urea groups is 1. The van der Waals surface area contributed by atoms with Crippen molar-refractivity contribution in [2.24, 2.45) is 29.4 Å². The van der Waals surface area contributed by atoms with Gasteiger partial charge >= 0.3 is 12.0 Å². The van der Waals surface area contributed by atoms with Gasteiger partial charge in [0.05, 0.1) is 12.0 Å². The fourth-order valence-corrected chi connectivity index (χ4v) is 5.81. The lowest BCUT2D eigenvalue weighted by Gasteiger charge is -2.29. The van der Waals surface area contributed by atoms with Gasteiger partial charge in [-0.2, -0.15) is 0 Å². The summed E-state index contributed by atoms with van der Waals surface area (Å²) in [6.45, 7) is 8.09. The molecule has 0 unspecified atom stereocenters. The van der Waals surface area contributed by atoms with Gasteiger partial charge < -0.3 is 26.2 Å². The standard InChI is InChI=1S/C21H34N4O6S/c1-10(5-6-25-9-15(27)23-21(25)31)7-14(8-22)32-18-12(3)11(2)16(13(4)26)19(28)24-17(18)20(29)30/h10-14,16,26H,5-9,22H2,1-4H3,(H,24,28)(H,29,30)(H,23,27,31)/t10-,11-,12-,13-,14+,16+/m1/s1. The van der Waals surface area contributed by atoms with Crippen LogP contribution >= 0.6 is 11.8 Å². The largest absolute Gasteiger partial charge is 0.477 e. The van der Waals surface area contributed by atoms with E-state index in [-0.39, 0.29) is 47.2 Å². The smallest absolute Gasteiger partial charge is 0.353 e. The van der Waals surface area contributed by atoms with E-state index >= 15 is 0 Å². The minimum atomic E-state index is -1.22. The van der Waals surface area contributed by atoms with E-state index in [0.29, 0.717) is 30.8 Å². The van der Waals surface area contributed by atoms with E-state index in [4.69, 9.17) is 5.73 Å². The molecule has 1 saturated heterocycles. The molecule has 2 heterocycles. The molecule has 2 aliphatic heterocycles. The zero-order valence-corrected chi connectivity index (χ0v) is 19.8. The second-order valence-electron chi connectivity index (χ2n) is 8.83. The number of aliphatic carboxylic acids is 1. The van der Waals surface area contributed by atoms with Crippen molar-refractivity contribution in [1.29, 1.82) is 0 Å². The Balaban J connectivity index is 2.11. The number of carbonyl (C=O) groups excluding carboxylic acids is 3. The van der Waals surface area contributed by atoms with Gasteiger partial charge in [0.25, 0.3) is 0 Å². The van der Waals surface area contributed by atoms with Gasteiger partial charge in [-0.25, -0.2) is 9.59 Å². The summed E-state index contributed by atoms with van der Waals surface area (Å²) in [5.41, 5.74) is 5.85. The average molecular weight is 471 g/mol. The molecule has 2 rings (SSSR count). The summed E-state index contributed by atoms with van der Waals surface area (Å²) < 4.78 is 0. The highest BCUT2D eigenvalue weighted by Crippen LogP contribution is 2.41. The first-order valence-electron chi connectivity index (χ1n) is 10.9. The third-order valence-electron chi connectivity index (χ3n) is 6.28. The van der Waals surface area contributed by atoms with Crippen LogP contribution < -0.4 is 16.4 Å². The van der Waals surface area contributed by atoms with Crippen LogP contribution in [0.25, 0.3) is 0 Å². The fraction of sp³-hybridized carbons (Fsp3) is 0.714. The maximum atomic E-state index is 12.6. The average Bonchev–Trinajstić information content (AvgIpc) is 2.99. The van der Waals surface area contributed by atoms with Gasteiger partial charge in [-0.15, -0.1) is 11.8 Å². The molecule has 6 atom stereocenters.